The van der Waals surface area contributed by atoms with Gasteiger partial charge in [-0.05, 0) is 20.8 Å². The molecule has 1 N–H and O–H groups in total. The Morgan fingerprint density at radius 1 is 1.30 bits per heavy atom. The predicted octanol–water partition coefficient (Wildman–Crippen LogP) is 1.78. The zero-order chi connectivity index (χ0) is 15.8. The molecule has 1 saturated heterocycles. The van der Waals surface area contributed by atoms with Crippen LogP contribution >= 0.6 is 0 Å². The zero-order valence-electron chi connectivity index (χ0n) is 13.5. The van der Waals surface area contributed by atoms with Crippen molar-refractivity contribution < 1.29 is 19.1 Å². The summed E-state index contributed by atoms with van der Waals surface area (Å²) in [7, 11) is 1.36. The van der Waals surface area contributed by atoms with Crippen molar-refractivity contribution in [3.05, 3.63) is 0 Å². The highest BCUT2D eigenvalue weighted by molar-refractivity contribution is 5.71. The van der Waals surface area contributed by atoms with Crippen molar-refractivity contribution in [2.75, 3.05) is 26.7 Å². The molecule has 0 aliphatic carbocycles. The van der Waals surface area contributed by atoms with Gasteiger partial charge >= 0.3 is 12.1 Å². The van der Waals surface area contributed by atoms with E-state index in [1.807, 2.05) is 34.6 Å². The number of rotatable bonds is 2. The lowest BCUT2D eigenvalue weighted by atomic mass is 10.1. The van der Waals surface area contributed by atoms with E-state index in [-0.39, 0.29) is 24.5 Å². The highest BCUT2D eigenvalue weighted by Crippen LogP contribution is 2.12. The fourth-order valence-corrected chi connectivity index (χ4v) is 1.74. The van der Waals surface area contributed by atoms with Crippen LogP contribution in [0, 0.1) is 0 Å². The first kappa shape index (κ1) is 18.7. The summed E-state index contributed by atoms with van der Waals surface area (Å²) in [5.41, 5.74) is -0.500. The number of methoxy groups -OCH3 is 1. The average molecular weight is 288 g/mol. The molecule has 1 fully saturated rings. The quantitative estimate of drug-likeness (QED) is 0.785. The summed E-state index contributed by atoms with van der Waals surface area (Å²) < 4.78 is 9.92. The molecule has 1 rings (SSSR count). The van der Waals surface area contributed by atoms with Crippen LogP contribution in [0.1, 0.15) is 41.0 Å². The molecule has 0 aromatic carbocycles. The van der Waals surface area contributed by atoms with E-state index in [0.717, 1.165) is 0 Å². The highest BCUT2D eigenvalue weighted by Gasteiger charge is 2.28. The Labute approximate surface area is 121 Å². The molecule has 0 aromatic rings. The molecule has 1 heterocycles. The molecule has 6 nitrogen and oxygen atoms in total. The van der Waals surface area contributed by atoms with Gasteiger partial charge in [0.2, 0.25) is 0 Å². The van der Waals surface area contributed by atoms with Gasteiger partial charge in [-0.1, -0.05) is 13.8 Å². The summed E-state index contributed by atoms with van der Waals surface area (Å²) in [5.74, 6) is -0.279. The van der Waals surface area contributed by atoms with Crippen molar-refractivity contribution in [3.8, 4) is 0 Å². The number of carbonyl (C=O) groups is 2. The molecular formula is C14H28N2O4. The first-order chi connectivity index (χ1) is 9.31. The molecular weight excluding hydrogens is 260 g/mol. The Hall–Kier alpha value is -1.30. The number of hydrogen-bond acceptors (Lipinski definition) is 5. The molecule has 0 radical (unpaired) electrons. The van der Waals surface area contributed by atoms with E-state index < -0.39 is 5.60 Å². The van der Waals surface area contributed by atoms with Gasteiger partial charge < -0.3 is 19.7 Å². The molecule has 0 aromatic heterocycles. The summed E-state index contributed by atoms with van der Waals surface area (Å²) in [6.45, 7) is 11.2. The number of ether oxygens (including phenoxy) is 2. The number of hydrogen-bond donors (Lipinski definition) is 1. The van der Waals surface area contributed by atoms with Gasteiger partial charge in [-0.3, -0.25) is 4.79 Å². The molecule has 1 aliphatic rings. The van der Waals surface area contributed by atoms with Gasteiger partial charge in [-0.25, -0.2) is 4.79 Å². The third-order valence-electron chi connectivity index (χ3n) is 2.55. The van der Waals surface area contributed by atoms with E-state index in [1.54, 1.807) is 4.90 Å². The summed E-state index contributed by atoms with van der Waals surface area (Å²) in [5, 5.41) is 3.18. The normalized spacial score (nSPS) is 18.7. The van der Waals surface area contributed by atoms with Crippen molar-refractivity contribution >= 4 is 12.1 Å². The van der Waals surface area contributed by atoms with Crippen molar-refractivity contribution in [1.82, 2.24) is 10.2 Å². The molecule has 1 atom stereocenters. The monoisotopic (exact) mass is 288 g/mol. The van der Waals surface area contributed by atoms with Crippen LogP contribution in [-0.4, -0.2) is 55.3 Å². The Morgan fingerprint density at radius 3 is 2.40 bits per heavy atom. The van der Waals surface area contributed by atoms with Crippen LogP contribution in [0.4, 0.5) is 4.79 Å². The Balaban J connectivity index is 0.00000172. The first-order valence-electron chi connectivity index (χ1n) is 7.10. The second kappa shape index (κ2) is 8.79. The lowest BCUT2D eigenvalue weighted by Crippen LogP contribution is -2.54. The van der Waals surface area contributed by atoms with E-state index >= 15 is 0 Å². The number of carbonyl (C=O) groups excluding carboxylic acids is 2. The first-order valence-corrected chi connectivity index (χ1v) is 7.10. The zero-order valence-corrected chi connectivity index (χ0v) is 13.5. The Kier molecular flexibility index (Phi) is 8.22. The van der Waals surface area contributed by atoms with Crippen LogP contribution in [0.3, 0.4) is 0 Å². The van der Waals surface area contributed by atoms with Gasteiger partial charge in [0.05, 0.1) is 13.5 Å². The van der Waals surface area contributed by atoms with Gasteiger partial charge in [-0.2, -0.15) is 0 Å². The molecule has 6 heteroatoms. The molecule has 1 unspecified atom stereocenters. The molecule has 20 heavy (non-hydrogen) atoms. The molecule has 1 amide bonds. The maximum absolute atomic E-state index is 11.9. The molecule has 0 saturated carbocycles. The van der Waals surface area contributed by atoms with Crippen molar-refractivity contribution in [3.63, 3.8) is 0 Å². The minimum absolute atomic E-state index is 0.0706. The fourth-order valence-electron chi connectivity index (χ4n) is 1.74. The lowest BCUT2D eigenvalue weighted by molar-refractivity contribution is -0.141. The fraction of sp³-hybridized carbons (Fsp3) is 0.857. The van der Waals surface area contributed by atoms with Crippen LogP contribution in [-0.2, 0) is 14.3 Å². The SMILES string of the molecule is CC.COC(=O)CC1CN(C(=O)OC(C)(C)C)CCN1. The Morgan fingerprint density at radius 2 is 1.90 bits per heavy atom. The smallest absolute Gasteiger partial charge is 0.410 e. The predicted molar refractivity (Wildman–Crippen MR) is 77.6 cm³/mol. The number of amides is 1. The van der Waals surface area contributed by atoms with Gasteiger partial charge in [0.15, 0.2) is 0 Å². The van der Waals surface area contributed by atoms with Crippen molar-refractivity contribution in [2.24, 2.45) is 0 Å². The number of esters is 1. The van der Waals surface area contributed by atoms with Crippen LogP contribution in [0.2, 0.25) is 0 Å². The van der Waals surface area contributed by atoms with E-state index in [9.17, 15) is 9.59 Å². The number of nitrogens with one attached hydrogen (secondary N) is 1. The maximum atomic E-state index is 11.9. The number of nitrogens with zero attached hydrogens (tertiary/aromatic N) is 1. The second-order valence-corrected chi connectivity index (χ2v) is 5.36. The maximum Gasteiger partial charge on any atom is 0.410 e. The van der Waals surface area contributed by atoms with E-state index in [2.05, 4.69) is 10.1 Å². The van der Waals surface area contributed by atoms with Crippen LogP contribution < -0.4 is 5.32 Å². The minimum atomic E-state index is -0.500. The third-order valence-corrected chi connectivity index (χ3v) is 2.55. The standard InChI is InChI=1S/C12H22N2O4.C2H6/c1-12(2,3)18-11(16)14-6-5-13-9(8-14)7-10(15)17-4;1-2/h9,13H,5-8H2,1-4H3;1-2H3. The summed E-state index contributed by atoms with van der Waals surface area (Å²) in [6.07, 6.45) is -0.0747. The second-order valence-electron chi connectivity index (χ2n) is 5.36. The van der Waals surface area contributed by atoms with Crippen molar-refractivity contribution in [1.29, 1.82) is 0 Å². The van der Waals surface area contributed by atoms with Crippen LogP contribution in [0.25, 0.3) is 0 Å². The number of piperazine rings is 1. The lowest BCUT2D eigenvalue weighted by Gasteiger charge is -2.34. The van der Waals surface area contributed by atoms with Gasteiger partial charge in [0.25, 0.3) is 0 Å². The summed E-state index contributed by atoms with van der Waals surface area (Å²) >= 11 is 0. The molecule has 0 spiro atoms. The van der Waals surface area contributed by atoms with Crippen molar-refractivity contribution in [2.45, 2.75) is 52.7 Å². The molecule has 118 valence electrons. The van der Waals surface area contributed by atoms with E-state index in [1.165, 1.54) is 7.11 Å². The molecule has 0 bridgehead atoms. The van der Waals surface area contributed by atoms with Crippen LogP contribution in [0.15, 0.2) is 0 Å². The van der Waals surface area contributed by atoms with Gasteiger partial charge in [0.1, 0.15) is 5.60 Å². The third kappa shape index (κ3) is 7.33. The summed E-state index contributed by atoms with van der Waals surface area (Å²) in [4.78, 5) is 24.7. The van der Waals surface area contributed by atoms with Crippen LogP contribution in [0.5, 0.6) is 0 Å². The van der Waals surface area contributed by atoms with E-state index in [4.69, 9.17) is 4.74 Å². The topological polar surface area (TPSA) is 67.9 Å². The average Bonchev–Trinajstić information content (AvgIpc) is 2.39. The Bertz CT molecular complexity index is 313. The minimum Gasteiger partial charge on any atom is -0.469 e. The van der Waals surface area contributed by atoms with Gasteiger partial charge in [0, 0.05) is 25.7 Å². The van der Waals surface area contributed by atoms with Gasteiger partial charge in [-0.15, -0.1) is 0 Å². The highest BCUT2D eigenvalue weighted by atomic mass is 16.6. The summed E-state index contributed by atoms with van der Waals surface area (Å²) in [6, 6.07) is -0.0706. The molecule has 1 aliphatic heterocycles. The van der Waals surface area contributed by atoms with E-state index in [0.29, 0.717) is 19.6 Å². The largest absolute Gasteiger partial charge is 0.469 e.